The highest BCUT2D eigenvalue weighted by Gasteiger charge is 2.24. The standard InChI is InChI=1S/C29H32FNO5/c1-33-27-13-12-23(18-28(27)34-2)29(32)31(20-25-10-6-15-35-25)19-21-7-5-9-24(17-21)36-16-14-22-8-3-4-11-26(22)30/h3-5,7-9,11-13,17-18,25H,6,10,14-16,19-20H2,1-2H3/t25-/m0/s1. The van der Waals surface area contributed by atoms with E-state index in [4.69, 9.17) is 18.9 Å². The number of carbonyl (C=O) groups is 1. The predicted molar refractivity (Wildman–Crippen MR) is 135 cm³/mol. The smallest absolute Gasteiger partial charge is 0.254 e. The van der Waals surface area contributed by atoms with Crippen molar-refractivity contribution in [2.45, 2.75) is 31.9 Å². The van der Waals surface area contributed by atoms with Crippen LogP contribution in [0.4, 0.5) is 4.39 Å². The van der Waals surface area contributed by atoms with Gasteiger partial charge in [-0.2, -0.15) is 0 Å². The highest BCUT2D eigenvalue weighted by molar-refractivity contribution is 5.95. The van der Waals surface area contributed by atoms with Crippen LogP contribution in [0.5, 0.6) is 17.2 Å². The highest BCUT2D eigenvalue weighted by Crippen LogP contribution is 2.29. The second-order valence-corrected chi connectivity index (χ2v) is 8.73. The third kappa shape index (κ3) is 6.55. The summed E-state index contributed by atoms with van der Waals surface area (Å²) in [5.41, 5.74) is 2.07. The number of ether oxygens (including phenoxy) is 4. The van der Waals surface area contributed by atoms with Crippen LogP contribution in [-0.2, 0) is 17.7 Å². The van der Waals surface area contributed by atoms with Crippen LogP contribution in [0.2, 0.25) is 0 Å². The van der Waals surface area contributed by atoms with Gasteiger partial charge < -0.3 is 23.8 Å². The van der Waals surface area contributed by atoms with Gasteiger partial charge in [0.25, 0.3) is 5.91 Å². The van der Waals surface area contributed by atoms with Crippen molar-refractivity contribution in [1.29, 1.82) is 0 Å². The molecule has 0 radical (unpaired) electrons. The van der Waals surface area contributed by atoms with Crippen molar-refractivity contribution in [3.63, 3.8) is 0 Å². The van der Waals surface area contributed by atoms with E-state index in [-0.39, 0.29) is 17.8 Å². The van der Waals surface area contributed by atoms with E-state index in [9.17, 15) is 9.18 Å². The lowest BCUT2D eigenvalue weighted by molar-refractivity contribution is 0.0507. The summed E-state index contributed by atoms with van der Waals surface area (Å²) in [5.74, 6) is 1.41. The molecule has 1 heterocycles. The van der Waals surface area contributed by atoms with Crippen LogP contribution >= 0.6 is 0 Å². The second kappa shape index (κ2) is 12.4. The summed E-state index contributed by atoms with van der Waals surface area (Å²) >= 11 is 0. The van der Waals surface area contributed by atoms with Crippen LogP contribution in [-0.4, -0.2) is 50.9 Å². The molecule has 1 atom stereocenters. The fraction of sp³-hybridized carbons (Fsp3) is 0.345. The van der Waals surface area contributed by atoms with E-state index in [0.29, 0.717) is 61.1 Å². The van der Waals surface area contributed by atoms with Gasteiger partial charge in [0, 0.05) is 31.7 Å². The summed E-state index contributed by atoms with van der Waals surface area (Å²) < 4.78 is 36.3. The van der Waals surface area contributed by atoms with Gasteiger partial charge in [-0.3, -0.25) is 4.79 Å². The minimum absolute atomic E-state index is 0.00861. The second-order valence-electron chi connectivity index (χ2n) is 8.73. The van der Waals surface area contributed by atoms with Crippen molar-refractivity contribution in [3.8, 4) is 17.2 Å². The molecule has 1 aliphatic heterocycles. The van der Waals surface area contributed by atoms with Gasteiger partial charge in [-0.15, -0.1) is 0 Å². The van der Waals surface area contributed by atoms with Gasteiger partial charge in [0.2, 0.25) is 0 Å². The number of rotatable bonds is 11. The summed E-state index contributed by atoms with van der Waals surface area (Å²) in [6, 6.07) is 19.5. The number of halogens is 1. The first-order valence-corrected chi connectivity index (χ1v) is 12.2. The largest absolute Gasteiger partial charge is 0.493 e. The molecule has 1 amide bonds. The summed E-state index contributed by atoms with van der Waals surface area (Å²) in [4.78, 5) is 15.4. The van der Waals surface area contributed by atoms with Crippen molar-refractivity contribution < 1.29 is 28.1 Å². The SMILES string of the molecule is COc1ccc(C(=O)N(Cc2cccc(OCCc3ccccc3F)c2)C[C@@H]2CCCO2)cc1OC. The van der Waals surface area contributed by atoms with Crippen molar-refractivity contribution >= 4 is 5.91 Å². The first-order chi connectivity index (χ1) is 17.6. The predicted octanol–water partition coefficient (Wildman–Crippen LogP) is 5.29. The third-order valence-electron chi connectivity index (χ3n) is 6.24. The molecule has 3 aromatic carbocycles. The Morgan fingerprint density at radius 2 is 1.86 bits per heavy atom. The van der Waals surface area contributed by atoms with Gasteiger partial charge in [0.15, 0.2) is 11.5 Å². The van der Waals surface area contributed by atoms with E-state index in [0.717, 1.165) is 18.4 Å². The van der Waals surface area contributed by atoms with Gasteiger partial charge in [-0.25, -0.2) is 4.39 Å². The molecule has 3 aromatic rings. The van der Waals surface area contributed by atoms with E-state index >= 15 is 0 Å². The van der Waals surface area contributed by atoms with Crippen LogP contribution in [0.15, 0.2) is 66.7 Å². The minimum atomic E-state index is -0.228. The first kappa shape index (κ1) is 25.5. The zero-order valence-corrected chi connectivity index (χ0v) is 20.7. The summed E-state index contributed by atoms with van der Waals surface area (Å²) in [5, 5.41) is 0. The molecule has 0 bridgehead atoms. The maximum atomic E-state index is 13.9. The Balaban J connectivity index is 1.47. The van der Waals surface area contributed by atoms with Crippen molar-refractivity contribution in [2.75, 3.05) is 34.0 Å². The number of benzene rings is 3. The lowest BCUT2D eigenvalue weighted by atomic mass is 10.1. The maximum absolute atomic E-state index is 13.9. The zero-order chi connectivity index (χ0) is 25.3. The van der Waals surface area contributed by atoms with E-state index in [1.807, 2.05) is 30.3 Å². The van der Waals surface area contributed by atoms with Gasteiger partial charge in [0.1, 0.15) is 11.6 Å². The van der Waals surface area contributed by atoms with Crippen LogP contribution < -0.4 is 14.2 Å². The van der Waals surface area contributed by atoms with Crippen molar-refractivity contribution in [2.24, 2.45) is 0 Å². The number of hydrogen-bond acceptors (Lipinski definition) is 5. The average Bonchev–Trinajstić information content (AvgIpc) is 3.42. The zero-order valence-electron chi connectivity index (χ0n) is 20.7. The van der Waals surface area contributed by atoms with Crippen molar-refractivity contribution in [1.82, 2.24) is 4.90 Å². The van der Waals surface area contributed by atoms with Gasteiger partial charge in [0.05, 0.1) is 26.9 Å². The van der Waals surface area contributed by atoms with E-state index in [1.165, 1.54) is 6.07 Å². The summed E-state index contributed by atoms with van der Waals surface area (Å²) in [6.07, 6.45) is 2.40. The topological polar surface area (TPSA) is 57.2 Å². The average molecular weight is 494 g/mol. The van der Waals surface area contributed by atoms with Crippen LogP contribution in [0.3, 0.4) is 0 Å². The molecule has 190 valence electrons. The molecule has 0 N–H and O–H groups in total. The van der Waals surface area contributed by atoms with Crippen LogP contribution in [0, 0.1) is 5.82 Å². The fourth-order valence-electron chi connectivity index (χ4n) is 4.34. The molecule has 1 fully saturated rings. The van der Waals surface area contributed by atoms with Crippen LogP contribution in [0.1, 0.15) is 34.3 Å². The molecule has 6 nitrogen and oxygen atoms in total. The Morgan fingerprint density at radius 1 is 1.03 bits per heavy atom. The Hall–Kier alpha value is -3.58. The molecule has 7 heteroatoms. The number of nitrogens with zero attached hydrogens (tertiary/aromatic N) is 1. The molecule has 1 aliphatic rings. The molecule has 4 rings (SSSR count). The molecule has 1 saturated heterocycles. The maximum Gasteiger partial charge on any atom is 0.254 e. The molecule has 0 aliphatic carbocycles. The molecular formula is C29H32FNO5. The molecular weight excluding hydrogens is 461 g/mol. The van der Waals surface area contributed by atoms with E-state index in [2.05, 4.69) is 0 Å². The van der Waals surface area contributed by atoms with Gasteiger partial charge in [-0.1, -0.05) is 30.3 Å². The Kier molecular flexibility index (Phi) is 8.79. The van der Waals surface area contributed by atoms with Crippen LogP contribution in [0.25, 0.3) is 0 Å². The van der Waals surface area contributed by atoms with Crippen molar-refractivity contribution in [3.05, 3.63) is 89.2 Å². The van der Waals surface area contributed by atoms with Gasteiger partial charge >= 0.3 is 0 Å². The number of amides is 1. The highest BCUT2D eigenvalue weighted by atomic mass is 19.1. The van der Waals surface area contributed by atoms with E-state index < -0.39 is 0 Å². The number of carbonyl (C=O) groups excluding carboxylic acids is 1. The minimum Gasteiger partial charge on any atom is -0.493 e. The first-order valence-electron chi connectivity index (χ1n) is 12.2. The lowest BCUT2D eigenvalue weighted by Crippen LogP contribution is -2.37. The Morgan fingerprint density at radius 3 is 2.61 bits per heavy atom. The number of hydrogen-bond donors (Lipinski definition) is 0. The molecule has 0 unspecified atom stereocenters. The third-order valence-corrected chi connectivity index (χ3v) is 6.24. The fourth-order valence-corrected chi connectivity index (χ4v) is 4.34. The molecule has 0 aromatic heterocycles. The van der Waals surface area contributed by atoms with Gasteiger partial charge in [-0.05, 0) is 60.4 Å². The Labute approximate surface area is 211 Å². The van der Waals surface area contributed by atoms with E-state index in [1.54, 1.807) is 49.5 Å². The lowest BCUT2D eigenvalue weighted by Gasteiger charge is -2.26. The number of methoxy groups -OCH3 is 2. The normalized spacial score (nSPS) is 14.9. The molecule has 36 heavy (non-hydrogen) atoms. The monoisotopic (exact) mass is 493 g/mol. The quantitative estimate of drug-likeness (QED) is 0.364. The molecule has 0 spiro atoms. The summed E-state index contributed by atoms with van der Waals surface area (Å²) in [7, 11) is 3.11. The molecule has 0 saturated carbocycles. The summed E-state index contributed by atoms with van der Waals surface area (Å²) in [6.45, 7) is 1.96. The Bertz CT molecular complexity index is 1160.